The Morgan fingerprint density at radius 2 is 2.37 bits per heavy atom. The van der Waals surface area contributed by atoms with Gasteiger partial charge in [0.25, 0.3) is 0 Å². The summed E-state index contributed by atoms with van der Waals surface area (Å²) in [6.45, 7) is 4.55. The fourth-order valence-corrected chi connectivity index (χ4v) is 2.36. The lowest BCUT2D eigenvalue weighted by atomic mass is 10.1. The molecule has 0 spiro atoms. The minimum Gasteiger partial charge on any atom is -0.356 e. The summed E-state index contributed by atoms with van der Waals surface area (Å²) >= 11 is 0. The van der Waals surface area contributed by atoms with E-state index in [1.807, 2.05) is 6.07 Å². The first kappa shape index (κ1) is 14.0. The molecule has 1 aromatic rings. The van der Waals surface area contributed by atoms with Crippen molar-refractivity contribution in [2.75, 3.05) is 19.6 Å². The van der Waals surface area contributed by atoms with Gasteiger partial charge in [0.1, 0.15) is 5.82 Å². The fourth-order valence-electron chi connectivity index (χ4n) is 2.36. The molecule has 4 heteroatoms. The number of benzene rings is 1. The summed E-state index contributed by atoms with van der Waals surface area (Å²) in [6, 6.07) is 5.02. The van der Waals surface area contributed by atoms with Crippen LogP contribution in [0.5, 0.6) is 0 Å². The van der Waals surface area contributed by atoms with Crippen LogP contribution >= 0.6 is 0 Å². The highest BCUT2D eigenvalue weighted by Crippen LogP contribution is 2.11. The van der Waals surface area contributed by atoms with Crippen LogP contribution in [0.1, 0.15) is 24.0 Å². The molecule has 0 radical (unpaired) electrons. The van der Waals surface area contributed by atoms with Gasteiger partial charge in [-0.15, -0.1) is 0 Å². The molecule has 19 heavy (non-hydrogen) atoms. The zero-order valence-corrected chi connectivity index (χ0v) is 11.3. The predicted octanol–water partition coefficient (Wildman–Crippen LogP) is 1.79. The predicted molar refractivity (Wildman–Crippen MR) is 73.4 cm³/mol. The van der Waals surface area contributed by atoms with Crippen molar-refractivity contribution in [2.24, 2.45) is 5.92 Å². The number of carbonyl (C=O) groups is 1. The summed E-state index contributed by atoms with van der Waals surface area (Å²) in [7, 11) is 0. The van der Waals surface area contributed by atoms with Crippen molar-refractivity contribution < 1.29 is 9.18 Å². The number of hydrogen-bond donors (Lipinski definition) is 2. The van der Waals surface area contributed by atoms with E-state index in [1.54, 1.807) is 13.0 Å². The summed E-state index contributed by atoms with van der Waals surface area (Å²) in [5, 5.41) is 6.25. The topological polar surface area (TPSA) is 41.1 Å². The smallest absolute Gasteiger partial charge is 0.220 e. The minimum absolute atomic E-state index is 0.0777. The Kier molecular flexibility index (Phi) is 4.91. The summed E-state index contributed by atoms with van der Waals surface area (Å²) in [6.07, 6.45) is 2.26. The molecule has 1 heterocycles. The van der Waals surface area contributed by atoms with E-state index in [4.69, 9.17) is 0 Å². The summed E-state index contributed by atoms with van der Waals surface area (Å²) in [5.41, 5.74) is 1.64. The van der Waals surface area contributed by atoms with Gasteiger partial charge < -0.3 is 10.6 Å². The molecule has 1 saturated heterocycles. The van der Waals surface area contributed by atoms with Crippen LogP contribution in [-0.4, -0.2) is 25.5 Å². The highest BCUT2D eigenvalue weighted by atomic mass is 19.1. The first-order valence-electron chi connectivity index (χ1n) is 6.87. The molecule has 2 N–H and O–H groups in total. The third-order valence-electron chi connectivity index (χ3n) is 3.61. The van der Waals surface area contributed by atoms with Crippen LogP contribution in [0.3, 0.4) is 0 Å². The standard InChI is InChI=1S/C15H21FN2O/c1-11-8-12(2-4-14(11)16)3-5-15(19)18-10-13-6-7-17-9-13/h2,4,8,13,17H,3,5-7,9-10H2,1H3,(H,18,19). The number of nitrogens with one attached hydrogen (secondary N) is 2. The fraction of sp³-hybridized carbons (Fsp3) is 0.533. The maximum absolute atomic E-state index is 13.1. The largest absolute Gasteiger partial charge is 0.356 e. The first-order valence-corrected chi connectivity index (χ1v) is 6.87. The molecule has 1 aromatic carbocycles. The summed E-state index contributed by atoms with van der Waals surface area (Å²) in [5.74, 6) is 0.452. The van der Waals surface area contributed by atoms with E-state index in [0.717, 1.165) is 31.6 Å². The molecular formula is C15H21FN2O. The second-order valence-corrected chi connectivity index (χ2v) is 5.25. The molecule has 1 amide bonds. The van der Waals surface area contributed by atoms with Gasteiger partial charge in [0.2, 0.25) is 5.91 Å². The lowest BCUT2D eigenvalue weighted by molar-refractivity contribution is -0.121. The molecule has 1 fully saturated rings. The van der Waals surface area contributed by atoms with E-state index in [0.29, 0.717) is 24.3 Å². The van der Waals surface area contributed by atoms with Gasteiger partial charge in [-0.1, -0.05) is 12.1 Å². The summed E-state index contributed by atoms with van der Waals surface area (Å²) < 4.78 is 13.1. The Morgan fingerprint density at radius 1 is 1.53 bits per heavy atom. The van der Waals surface area contributed by atoms with Crippen LogP contribution in [0.2, 0.25) is 0 Å². The molecule has 1 atom stereocenters. The Hall–Kier alpha value is -1.42. The van der Waals surface area contributed by atoms with Gasteiger partial charge in [0.15, 0.2) is 0 Å². The molecule has 0 saturated carbocycles. The number of amides is 1. The van der Waals surface area contributed by atoms with Gasteiger partial charge in [-0.25, -0.2) is 4.39 Å². The lowest BCUT2D eigenvalue weighted by Crippen LogP contribution is -2.30. The van der Waals surface area contributed by atoms with Crippen molar-refractivity contribution >= 4 is 5.91 Å². The number of halogens is 1. The Labute approximate surface area is 113 Å². The van der Waals surface area contributed by atoms with E-state index < -0.39 is 0 Å². The van der Waals surface area contributed by atoms with E-state index in [1.165, 1.54) is 6.07 Å². The molecule has 0 aromatic heterocycles. The quantitative estimate of drug-likeness (QED) is 0.851. The minimum atomic E-state index is -0.193. The van der Waals surface area contributed by atoms with Crippen LogP contribution in [0.25, 0.3) is 0 Å². The summed E-state index contributed by atoms with van der Waals surface area (Å²) in [4.78, 5) is 11.7. The van der Waals surface area contributed by atoms with E-state index in [-0.39, 0.29) is 11.7 Å². The zero-order valence-electron chi connectivity index (χ0n) is 11.3. The average Bonchev–Trinajstić information content (AvgIpc) is 2.91. The van der Waals surface area contributed by atoms with Crippen LogP contribution in [0.15, 0.2) is 18.2 Å². The molecule has 1 aliphatic rings. The molecule has 3 nitrogen and oxygen atoms in total. The molecule has 0 aliphatic carbocycles. The van der Waals surface area contributed by atoms with Crippen LogP contribution < -0.4 is 10.6 Å². The second kappa shape index (κ2) is 6.66. The van der Waals surface area contributed by atoms with Gasteiger partial charge in [-0.05, 0) is 56.0 Å². The van der Waals surface area contributed by atoms with Crippen molar-refractivity contribution in [1.82, 2.24) is 10.6 Å². The second-order valence-electron chi connectivity index (χ2n) is 5.25. The van der Waals surface area contributed by atoms with Crippen molar-refractivity contribution in [3.63, 3.8) is 0 Å². The maximum atomic E-state index is 13.1. The normalized spacial score (nSPS) is 18.5. The van der Waals surface area contributed by atoms with E-state index in [9.17, 15) is 9.18 Å². The number of rotatable bonds is 5. The van der Waals surface area contributed by atoms with Crippen molar-refractivity contribution in [2.45, 2.75) is 26.2 Å². The molecule has 1 aliphatic heterocycles. The van der Waals surface area contributed by atoms with Gasteiger partial charge in [0.05, 0.1) is 0 Å². The highest BCUT2D eigenvalue weighted by molar-refractivity contribution is 5.76. The SMILES string of the molecule is Cc1cc(CCC(=O)NCC2CCNC2)ccc1F. The van der Waals surface area contributed by atoms with Crippen molar-refractivity contribution in [1.29, 1.82) is 0 Å². The first-order chi connectivity index (χ1) is 9.15. The number of aryl methyl sites for hydroxylation is 2. The van der Waals surface area contributed by atoms with Crippen LogP contribution in [-0.2, 0) is 11.2 Å². The highest BCUT2D eigenvalue weighted by Gasteiger charge is 2.14. The third-order valence-corrected chi connectivity index (χ3v) is 3.61. The van der Waals surface area contributed by atoms with Gasteiger partial charge >= 0.3 is 0 Å². The Balaban J connectivity index is 1.71. The number of hydrogen-bond acceptors (Lipinski definition) is 2. The Morgan fingerprint density at radius 3 is 3.05 bits per heavy atom. The lowest BCUT2D eigenvalue weighted by Gasteiger charge is -2.10. The van der Waals surface area contributed by atoms with Gasteiger partial charge in [0, 0.05) is 13.0 Å². The van der Waals surface area contributed by atoms with E-state index in [2.05, 4.69) is 10.6 Å². The molecule has 0 bridgehead atoms. The van der Waals surface area contributed by atoms with Crippen molar-refractivity contribution in [3.8, 4) is 0 Å². The van der Waals surface area contributed by atoms with E-state index >= 15 is 0 Å². The number of carbonyl (C=O) groups excluding carboxylic acids is 1. The maximum Gasteiger partial charge on any atom is 0.220 e. The van der Waals surface area contributed by atoms with Crippen molar-refractivity contribution in [3.05, 3.63) is 35.1 Å². The molecule has 104 valence electrons. The Bertz CT molecular complexity index is 442. The monoisotopic (exact) mass is 264 g/mol. The zero-order chi connectivity index (χ0) is 13.7. The molecule has 2 rings (SSSR count). The van der Waals surface area contributed by atoms with Crippen LogP contribution in [0.4, 0.5) is 4.39 Å². The molecular weight excluding hydrogens is 243 g/mol. The van der Waals surface area contributed by atoms with Crippen LogP contribution in [0, 0.1) is 18.7 Å². The van der Waals surface area contributed by atoms with Gasteiger partial charge in [-0.2, -0.15) is 0 Å². The third kappa shape index (κ3) is 4.31. The molecule has 1 unspecified atom stereocenters. The average molecular weight is 264 g/mol. The van der Waals surface area contributed by atoms with Gasteiger partial charge in [-0.3, -0.25) is 4.79 Å².